The maximum atomic E-state index is 13.2. The Balaban J connectivity index is 1.50. The Labute approximate surface area is 159 Å². The standard InChI is InChI=1S/C21H25N5O/c1-17-22-11-15-24(17)14-9-19-7-2-3-12-25(19)21(27)18-6-4-8-20(16-18)26-13-5-10-23-26/h4-6,8,10-11,13,15-16,19H,2-3,7,9,12,14H2,1H3/t19-/m1/s1. The highest BCUT2D eigenvalue weighted by Crippen LogP contribution is 2.23. The van der Waals surface area contributed by atoms with Crippen molar-refractivity contribution >= 4 is 5.91 Å². The van der Waals surface area contributed by atoms with Crippen LogP contribution in [0.3, 0.4) is 0 Å². The molecule has 1 saturated heterocycles. The van der Waals surface area contributed by atoms with Gasteiger partial charge in [-0.2, -0.15) is 5.10 Å². The lowest BCUT2D eigenvalue weighted by molar-refractivity contribution is 0.0595. The van der Waals surface area contributed by atoms with E-state index in [1.165, 1.54) is 6.42 Å². The summed E-state index contributed by atoms with van der Waals surface area (Å²) in [7, 11) is 0. The molecule has 2 aromatic heterocycles. The number of rotatable bonds is 5. The summed E-state index contributed by atoms with van der Waals surface area (Å²) in [6, 6.07) is 9.90. The van der Waals surface area contributed by atoms with Gasteiger partial charge in [0, 0.05) is 49.5 Å². The zero-order valence-corrected chi connectivity index (χ0v) is 15.7. The third-order valence-corrected chi connectivity index (χ3v) is 5.38. The number of piperidine rings is 1. The average Bonchev–Trinajstić information content (AvgIpc) is 3.38. The molecule has 3 heterocycles. The minimum Gasteiger partial charge on any atom is -0.336 e. The first kappa shape index (κ1) is 17.5. The van der Waals surface area contributed by atoms with Crippen LogP contribution in [0, 0.1) is 6.92 Å². The van der Waals surface area contributed by atoms with Gasteiger partial charge in [0.15, 0.2) is 0 Å². The lowest BCUT2D eigenvalue weighted by Crippen LogP contribution is -2.44. The van der Waals surface area contributed by atoms with Crippen molar-refractivity contribution in [3.8, 4) is 5.69 Å². The molecule has 27 heavy (non-hydrogen) atoms. The molecule has 140 valence electrons. The Hall–Kier alpha value is -2.89. The van der Waals surface area contributed by atoms with Gasteiger partial charge >= 0.3 is 0 Å². The second kappa shape index (κ2) is 7.78. The fourth-order valence-electron chi connectivity index (χ4n) is 3.87. The highest BCUT2D eigenvalue weighted by molar-refractivity contribution is 5.95. The topological polar surface area (TPSA) is 56.0 Å². The third kappa shape index (κ3) is 3.79. The van der Waals surface area contributed by atoms with Crippen molar-refractivity contribution in [3.05, 3.63) is 66.5 Å². The lowest BCUT2D eigenvalue weighted by atomic mass is 9.98. The van der Waals surface area contributed by atoms with E-state index in [0.29, 0.717) is 0 Å². The first-order valence-electron chi connectivity index (χ1n) is 9.61. The van der Waals surface area contributed by atoms with Gasteiger partial charge < -0.3 is 9.47 Å². The van der Waals surface area contributed by atoms with Crippen LogP contribution in [0.5, 0.6) is 0 Å². The molecule has 4 rings (SSSR count). The molecule has 0 radical (unpaired) electrons. The minimum absolute atomic E-state index is 0.121. The quantitative estimate of drug-likeness (QED) is 0.697. The van der Waals surface area contributed by atoms with Gasteiger partial charge in [-0.25, -0.2) is 9.67 Å². The summed E-state index contributed by atoms with van der Waals surface area (Å²) in [6.45, 7) is 3.75. The molecule has 0 N–H and O–H groups in total. The van der Waals surface area contributed by atoms with Crippen LogP contribution in [0.1, 0.15) is 41.9 Å². The molecule has 1 aliphatic rings. The van der Waals surface area contributed by atoms with E-state index in [1.807, 2.05) is 55.8 Å². The van der Waals surface area contributed by atoms with E-state index in [0.717, 1.165) is 49.4 Å². The number of imidazole rings is 1. The molecule has 1 fully saturated rings. The summed E-state index contributed by atoms with van der Waals surface area (Å²) in [5.74, 6) is 1.15. The van der Waals surface area contributed by atoms with E-state index in [2.05, 4.69) is 19.5 Å². The Morgan fingerprint density at radius 2 is 2.11 bits per heavy atom. The van der Waals surface area contributed by atoms with Gasteiger partial charge in [0.1, 0.15) is 5.82 Å². The molecule has 6 heteroatoms. The van der Waals surface area contributed by atoms with Gasteiger partial charge in [-0.1, -0.05) is 6.07 Å². The molecule has 1 aromatic carbocycles. The molecule has 0 aliphatic carbocycles. The minimum atomic E-state index is 0.121. The molecule has 0 bridgehead atoms. The SMILES string of the molecule is Cc1nccn1CC[C@H]1CCCCN1C(=O)c1cccc(-n2cccn2)c1. The van der Waals surface area contributed by atoms with Gasteiger partial charge in [0.05, 0.1) is 5.69 Å². The zero-order valence-electron chi connectivity index (χ0n) is 15.7. The number of carbonyl (C=O) groups excluding carboxylic acids is 1. The summed E-state index contributed by atoms with van der Waals surface area (Å²) < 4.78 is 3.95. The van der Waals surface area contributed by atoms with Crippen molar-refractivity contribution in [2.24, 2.45) is 0 Å². The number of hydrogen-bond donors (Lipinski definition) is 0. The van der Waals surface area contributed by atoms with Gasteiger partial charge in [0.2, 0.25) is 0 Å². The van der Waals surface area contributed by atoms with E-state index < -0.39 is 0 Å². The molecular formula is C21H25N5O. The van der Waals surface area contributed by atoms with Gasteiger partial charge in [-0.15, -0.1) is 0 Å². The fraction of sp³-hybridized carbons (Fsp3) is 0.381. The van der Waals surface area contributed by atoms with Crippen molar-refractivity contribution in [2.75, 3.05) is 6.54 Å². The Bertz CT molecular complexity index is 899. The molecule has 1 atom stereocenters. The molecule has 6 nitrogen and oxygen atoms in total. The third-order valence-electron chi connectivity index (χ3n) is 5.38. The maximum Gasteiger partial charge on any atom is 0.254 e. The summed E-state index contributed by atoms with van der Waals surface area (Å²) >= 11 is 0. The van der Waals surface area contributed by atoms with Crippen molar-refractivity contribution in [3.63, 3.8) is 0 Å². The van der Waals surface area contributed by atoms with Crippen LogP contribution in [-0.4, -0.2) is 42.7 Å². The van der Waals surface area contributed by atoms with Crippen LogP contribution >= 0.6 is 0 Å². The summed E-state index contributed by atoms with van der Waals surface area (Å²) in [6.07, 6.45) is 11.8. The van der Waals surface area contributed by atoms with Crippen LogP contribution in [0.4, 0.5) is 0 Å². The maximum absolute atomic E-state index is 13.2. The van der Waals surface area contributed by atoms with E-state index in [4.69, 9.17) is 0 Å². The Morgan fingerprint density at radius 3 is 2.89 bits per heavy atom. The highest BCUT2D eigenvalue weighted by atomic mass is 16.2. The van der Waals surface area contributed by atoms with Crippen molar-refractivity contribution in [1.29, 1.82) is 0 Å². The van der Waals surface area contributed by atoms with Gasteiger partial charge in [-0.05, 0) is 56.9 Å². The van der Waals surface area contributed by atoms with Crippen molar-refractivity contribution in [1.82, 2.24) is 24.2 Å². The van der Waals surface area contributed by atoms with Crippen LogP contribution in [0.15, 0.2) is 55.1 Å². The Morgan fingerprint density at radius 1 is 1.19 bits per heavy atom. The Kier molecular flexibility index (Phi) is 5.05. The molecule has 0 saturated carbocycles. The summed E-state index contributed by atoms with van der Waals surface area (Å²) in [5.41, 5.74) is 1.64. The second-order valence-electron chi connectivity index (χ2n) is 7.11. The van der Waals surface area contributed by atoms with E-state index in [9.17, 15) is 4.79 Å². The molecule has 3 aromatic rings. The summed E-state index contributed by atoms with van der Waals surface area (Å²) in [5, 5.41) is 4.26. The number of hydrogen-bond acceptors (Lipinski definition) is 3. The number of likely N-dealkylation sites (tertiary alicyclic amines) is 1. The molecule has 1 amide bonds. The number of benzene rings is 1. The monoisotopic (exact) mass is 363 g/mol. The van der Waals surface area contributed by atoms with Crippen LogP contribution < -0.4 is 0 Å². The number of nitrogens with zero attached hydrogens (tertiary/aromatic N) is 5. The molecule has 1 aliphatic heterocycles. The van der Waals surface area contributed by atoms with Crippen molar-refractivity contribution < 1.29 is 4.79 Å². The molecule has 0 unspecified atom stereocenters. The first-order chi connectivity index (χ1) is 13.2. The average molecular weight is 363 g/mol. The smallest absolute Gasteiger partial charge is 0.254 e. The predicted molar refractivity (Wildman–Crippen MR) is 104 cm³/mol. The lowest BCUT2D eigenvalue weighted by Gasteiger charge is -2.36. The number of aromatic nitrogens is 4. The van der Waals surface area contributed by atoms with E-state index >= 15 is 0 Å². The highest BCUT2D eigenvalue weighted by Gasteiger charge is 2.27. The molecular weight excluding hydrogens is 338 g/mol. The zero-order chi connectivity index (χ0) is 18.6. The van der Waals surface area contributed by atoms with Gasteiger partial charge in [0.25, 0.3) is 5.91 Å². The summed E-state index contributed by atoms with van der Waals surface area (Å²) in [4.78, 5) is 19.6. The first-order valence-corrected chi connectivity index (χ1v) is 9.61. The van der Waals surface area contributed by atoms with Crippen LogP contribution in [0.25, 0.3) is 5.69 Å². The van der Waals surface area contributed by atoms with E-state index in [-0.39, 0.29) is 11.9 Å². The van der Waals surface area contributed by atoms with Crippen LogP contribution in [-0.2, 0) is 6.54 Å². The fourth-order valence-corrected chi connectivity index (χ4v) is 3.87. The predicted octanol–water partition coefficient (Wildman–Crippen LogP) is 3.46. The second-order valence-corrected chi connectivity index (χ2v) is 7.11. The number of amides is 1. The number of aryl methyl sites for hydroxylation is 2. The molecule has 0 spiro atoms. The van der Waals surface area contributed by atoms with Gasteiger partial charge in [-0.3, -0.25) is 4.79 Å². The van der Waals surface area contributed by atoms with Crippen molar-refractivity contribution in [2.45, 2.75) is 45.2 Å². The largest absolute Gasteiger partial charge is 0.336 e. The van der Waals surface area contributed by atoms with E-state index in [1.54, 1.807) is 10.9 Å². The normalized spacial score (nSPS) is 17.2. The number of carbonyl (C=O) groups is 1. The van der Waals surface area contributed by atoms with Crippen LogP contribution in [0.2, 0.25) is 0 Å².